The van der Waals surface area contributed by atoms with E-state index in [1.165, 1.54) is 87.5 Å². The minimum absolute atomic E-state index is 1.02. The Balaban J connectivity index is 1.25. The first-order valence-corrected chi connectivity index (χ1v) is 15.1. The fourth-order valence-corrected chi connectivity index (χ4v) is 7.57. The van der Waals surface area contributed by atoms with Crippen molar-refractivity contribution < 1.29 is 0 Å². The second-order valence-corrected chi connectivity index (χ2v) is 11.9. The highest BCUT2D eigenvalue weighted by molar-refractivity contribution is 6.24. The number of aromatic nitrogens is 2. The largest absolute Gasteiger partial charge is 0.315 e. The SMILES string of the molecule is C=c1ccccn2c3ccccc3c3cc(-c4ccc5c(c4)c4cccc6c7cc(-c8ccccc8)ccc7n5c64)cc1c32. The molecule has 0 aliphatic heterocycles. The van der Waals surface area contributed by atoms with Gasteiger partial charge in [-0.2, -0.15) is 0 Å². The van der Waals surface area contributed by atoms with Crippen molar-refractivity contribution >= 4 is 71.9 Å². The van der Waals surface area contributed by atoms with Gasteiger partial charge in [0.25, 0.3) is 0 Å². The Morgan fingerprint density at radius 2 is 0.977 bits per heavy atom. The molecule has 4 heterocycles. The molecule has 6 aromatic carbocycles. The molecular formula is C42H26N2. The summed E-state index contributed by atoms with van der Waals surface area (Å²) < 4.78 is 4.77. The zero-order chi connectivity index (χ0) is 28.9. The zero-order valence-electron chi connectivity index (χ0n) is 24.0. The van der Waals surface area contributed by atoms with Crippen LogP contribution in [0, 0.1) is 0 Å². The highest BCUT2D eigenvalue weighted by Crippen LogP contribution is 2.42. The molecule has 0 bridgehead atoms. The van der Waals surface area contributed by atoms with E-state index in [9.17, 15) is 0 Å². The standard InChI is InChI=1S/C42H26N2/c1-26-10-7-8-21-43-38-16-6-5-13-31(38)37-25-30(24-34(26)41(37)43)29-18-20-40-36(23-29)33-15-9-14-32-35-22-28(27-11-3-2-4-12-27)17-19-39(35)44(40)42(32)33/h2-25H,1H2. The lowest BCUT2D eigenvalue weighted by Crippen LogP contribution is -1.98. The molecular weight excluding hydrogens is 532 g/mol. The Morgan fingerprint density at radius 3 is 1.75 bits per heavy atom. The third kappa shape index (κ3) is 3.09. The van der Waals surface area contributed by atoms with Gasteiger partial charge in [0.15, 0.2) is 0 Å². The van der Waals surface area contributed by atoms with Crippen molar-refractivity contribution in [1.29, 1.82) is 0 Å². The van der Waals surface area contributed by atoms with Crippen molar-refractivity contribution in [2.45, 2.75) is 0 Å². The number of fused-ring (bicyclic) bond motifs is 9. The lowest BCUT2D eigenvalue weighted by molar-refractivity contribution is 1.27. The fourth-order valence-electron chi connectivity index (χ4n) is 7.57. The second kappa shape index (κ2) is 8.59. The van der Waals surface area contributed by atoms with Crippen LogP contribution in [0.5, 0.6) is 0 Å². The lowest BCUT2D eigenvalue weighted by Gasteiger charge is -2.07. The Bertz CT molecular complexity index is 2830. The Morgan fingerprint density at radius 1 is 0.364 bits per heavy atom. The molecule has 0 amide bonds. The van der Waals surface area contributed by atoms with Crippen molar-refractivity contribution in [3.8, 4) is 22.3 Å². The molecule has 0 radical (unpaired) electrons. The number of nitrogens with zero attached hydrogens (tertiary/aromatic N) is 2. The van der Waals surface area contributed by atoms with Gasteiger partial charge in [-0.05, 0) is 76.0 Å². The third-order valence-electron chi connectivity index (χ3n) is 9.55. The van der Waals surface area contributed by atoms with Gasteiger partial charge in [0.2, 0.25) is 0 Å². The summed E-state index contributed by atoms with van der Waals surface area (Å²) in [5.41, 5.74) is 11.1. The van der Waals surface area contributed by atoms with E-state index < -0.39 is 0 Å². The smallest absolute Gasteiger partial charge is 0.0620 e. The molecule has 2 nitrogen and oxygen atoms in total. The molecule has 0 aliphatic rings. The minimum Gasteiger partial charge on any atom is -0.315 e. The van der Waals surface area contributed by atoms with Gasteiger partial charge in [-0.3, -0.25) is 0 Å². The van der Waals surface area contributed by atoms with Gasteiger partial charge in [-0.25, -0.2) is 0 Å². The molecule has 0 aliphatic carbocycles. The predicted molar refractivity (Wildman–Crippen MR) is 187 cm³/mol. The molecule has 204 valence electrons. The highest BCUT2D eigenvalue weighted by atomic mass is 14.9. The molecule has 0 saturated heterocycles. The summed E-state index contributed by atoms with van der Waals surface area (Å²) in [6.07, 6.45) is 2.16. The summed E-state index contributed by atoms with van der Waals surface area (Å²) >= 11 is 0. The average molecular weight is 559 g/mol. The summed E-state index contributed by atoms with van der Waals surface area (Å²) in [7, 11) is 0. The third-order valence-corrected chi connectivity index (χ3v) is 9.55. The molecule has 0 spiro atoms. The van der Waals surface area contributed by atoms with Crippen LogP contribution in [-0.4, -0.2) is 8.80 Å². The Kier molecular flexibility index (Phi) is 4.62. The van der Waals surface area contributed by atoms with Crippen LogP contribution >= 0.6 is 0 Å². The predicted octanol–water partition coefficient (Wildman–Crippen LogP) is 10.4. The molecule has 0 unspecified atom stereocenters. The number of para-hydroxylation sites is 2. The van der Waals surface area contributed by atoms with Crippen LogP contribution in [0.1, 0.15) is 0 Å². The summed E-state index contributed by atoms with van der Waals surface area (Å²) in [6, 6.07) is 50.9. The van der Waals surface area contributed by atoms with E-state index in [4.69, 9.17) is 0 Å². The molecule has 0 atom stereocenters. The topological polar surface area (TPSA) is 8.82 Å². The Labute approximate surface area is 253 Å². The summed E-state index contributed by atoms with van der Waals surface area (Å²) in [4.78, 5) is 0. The van der Waals surface area contributed by atoms with Crippen LogP contribution < -0.4 is 5.22 Å². The quantitative estimate of drug-likeness (QED) is 0.200. The summed E-state index contributed by atoms with van der Waals surface area (Å²) in [5.74, 6) is 0. The average Bonchev–Trinajstić information content (AvgIpc) is 3.70. The first-order chi connectivity index (χ1) is 21.7. The van der Waals surface area contributed by atoms with E-state index in [0.29, 0.717) is 0 Å². The van der Waals surface area contributed by atoms with E-state index in [1.54, 1.807) is 0 Å². The van der Waals surface area contributed by atoms with Gasteiger partial charge >= 0.3 is 0 Å². The van der Waals surface area contributed by atoms with Crippen molar-refractivity contribution in [3.63, 3.8) is 0 Å². The molecule has 10 rings (SSSR count). The van der Waals surface area contributed by atoms with Crippen molar-refractivity contribution in [1.82, 2.24) is 8.80 Å². The summed E-state index contributed by atoms with van der Waals surface area (Å²) in [6.45, 7) is 4.47. The number of hydrogen-bond donors (Lipinski definition) is 0. The van der Waals surface area contributed by atoms with Gasteiger partial charge in [-0.15, -0.1) is 0 Å². The first kappa shape index (κ1) is 23.7. The van der Waals surface area contributed by atoms with Gasteiger partial charge in [0.1, 0.15) is 0 Å². The van der Waals surface area contributed by atoms with E-state index >= 15 is 0 Å². The van der Waals surface area contributed by atoms with E-state index in [2.05, 4.69) is 161 Å². The molecule has 0 saturated carbocycles. The van der Waals surface area contributed by atoms with Crippen molar-refractivity contribution in [2.24, 2.45) is 0 Å². The van der Waals surface area contributed by atoms with Crippen LogP contribution in [0.15, 0.2) is 146 Å². The lowest BCUT2D eigenvalue weighted by atomic mass is 9.98. The molecule has 0 fully saturated rings. The van der Waals surface area contributed by atoms with Crippen LogP contribution in [0.4, 0.5) is 0 Å². The fraction of sp³-hybridized carbons (Fsp3) is 0. The number of hydrogen-bond acceptors (Lipinski definition) is 0. The minimum atomic E-state index is 1.02. The van der Waals surface area contributed by atoms with Gasteiger partial charge < -0.3 is 8.80 Å². The Hall–Kier alpha value is -5.86. The van der Waals surface area contributed by atoms with Gasteiger partial charge in [0, 0.05) is 43.9 Å². The van der Waals surface area contributed by atoms with Crippen molar-refractivity contribution in [2.75, 3.05) is 0 Å². The normalized spacial score (nSPS) is 12.2. The maximum Gasteiger partial charge on any atom is 0.0620 e. The highest BCUT2D eigenvalue weighted by Gasteiger charge is 2.19. The molecule has 0 N–H and O–H groups in total. The van der Waals surface area contributed by atoms with Crippen LogP contribution in [0.2, 0.25) is 0 Å². The maximum atomic E-state index is 4.47. The molecule has 10 aromatic rings. The monoisotopic (exact) mass is 558 g/mol. The van der Waals surface area contributed by atoms with E-state index in [1.807, 2.05) is 0 Å². The van der Waals surface area contributed by atoms with Gasteiger partial charge in [-0.1, -0.05) is 97.6 Å². The molecule has 44 heavy (non-hydrogen) atoms. The van der Waals surface area contributed by atoms with Crippen LogP contribution in [-0.2, 0) is 0 Å². The van der Waals surface area contributed by atoms with Gasteiger partial charge in [0.05, 0.1) is 27.6 Å². The summed E-state index contributed by atoms with van der Waals surface area (Å²) in [5, 5.41) is 9.88. The van der Waals surface area contributed by atoms with Crippen LogP contribution in [0.3, 0.4) is 0 Å². The van der Waals surface area contributed by atoms with Crippen molar-refractivity contribution in [3.05, 3.63) is 151 Å². The molecule has 2 heteroatoms. The second-order valence-electron chi connectivity index (χ2n) is 11.9. The number of rotatable bonds is 2. The van der Waals surface area contributed by atoms with E-state index in [-0.39, 0.29) is 0 Å². The van der Waals surface area contributed by atoms with E-state index in [0.717, 1.165) is 5.22 Å². The first-order valence-electron chi connectivity index (χ1n) is 15.1. The maximum absolute atomic E-state index is 4.47. The van der Waals surface area contributed by atoms with Crippen LogP contribution in [0.25, 0.3) is 94.1 Å². The zero-order valence-corrected chi connectivity index (χ0v) is 24.0. The number of benzene rings is 6. The molecule has 4 aromatic heterocycles.